The molecule has 1 heterocycles. The summed E-state index contributed by atoms with van der Waals surface area (Å²) in [5.74, 6) is 0. The normalized spacial score (nSPS) is 20.1. The summed E-state index contributed by atoms with van der Waals surface area (Å²) >= 11 is 0. The minimum absolute atomic E-state index is 0.0419. The van der Waals surface area contributed by atoms with E-state index in [0.717, 1.165) is 26.1 Å². The van der Waals surface area contributed by atoms with Crippen molar-refractivity contribution in [2.45, 2.75) is 26.1 Å². The molecule has 0 aromatic carbocycles. The van der Waals surface area contributed by atoms with Crippen LogP contribution in [0.1, 0.15) is 19.8 Å². The summed E-state index contributed by atoms with van der Waals surface area (Å²) in [4.78, 5) is 0. The topological polar surface area (TPSA) is 18.5 Å². The molecule has 0 amide bonds. The van der Waals surface area contributed by atoms with Crippen LogP contribution in [0.25, 0.3) is 0 Å². The van der Waals surface area contributed by atoms with Gasteiger partial charge < -0.3 is 9.47 Å². The number of ether oxygens (including phenoxy) is 2. The maximum absolute atomic E-state index is 5.29. The Morgan fingerprint density at radius 1 is 1.25 bits per heavy atom. The fourth-order valence-corrected chi connectivity index (χ4v) is 1.09. The second kappa shape index (κ2) is 5.98. The largest absolute Gasteiger partial charge is 0.350 e. The van der Waals surface area contributed by atoms with Crippen LogP contribution in [0.3, 0.4) is 0 Å². The summed E-state index contributed by atoms with van der Waals surface area (Å²) in [6.45, 7) is 3.51. The molecule has 12 heavy (non-hydrogen) atoms. The van der Waals surface area contributed by atoms with Gasteiger partial charge in [0.25, 0.3) is 0 Å². The van der Waals surface area contributed by atoms with E-state index in [4.69, 9.17) is 9.47 Å². The average molecular weight is 168 g/mol. The molecule has 0 N–H and O–H groups in total. The Morgan fingerprint density at radius 3 is 2.67 bits per heavy atom. The van der Waals surface area contributed by atoms with Gasteiger partial charge in [0.2, 0.25) is 0 Å². The molecule has 0 radical (unpaired) electrons. The van der Waals surface area contributed by atoms with Gasteiger partial charge in [-0.3, -0.25) is 0 Å². The molecular weight excluding hydrogens is 152 g/mol. The van der Waals surface area contributed by atoms with Crippen molar-refractivity contribution in [3.63, 3.8) is 0 Å². The Kier molecular flexibility index (Phi) is 4.73. The smallest absolute Gasteiger partial charge is 0.158 e. The molecule has 68 valence electrons. The highest BCUT2D eigenvalue weighted by Crippen LogP contribution is 2.10. The Balaban J connectivity index is 2.01. The second-order valence-electron chi connectivity index (χ2n) is 2.70. The zero-order valence-corrected chi connectivity index (χ0v) is 7.53. The van der Waals surface area contributed by atoms with Gasteiger partial charge in [-0.25, -0.2) is 0 Å². The Hall–Kier alpha value is -0.600. The van der Waals surface area contributed by atoms with Gasteiger partial charge in [-0.15, -0.1) is 0 Å². The number of rotatable bonds is 4. The predicted molar refractivity (Wildman–Crippen MR) is 48.9 cm³/mol. The first-order chi connectivity index (χ1) is 5.93. The summed E-state index contributed by atoms with van der Waals surface area (Å²) in [5, 5.41) is 0. The van der Waals surface area contributed by atoms with E-state index in [9.17, 15) is 0 Å². The molecule has 1 aliphatic rings. The van der Waals surface area contributed by atoms with Crippen LogP contribution in [0.15, 0.2) is 24.3 Å². The van der Waals surface area contributed by atoms with Gasteiger partial charge in [-0.05, 0) is 13.3 Å². The highest BCUT2D eigenvalue weighted by Gasteiger charge is 2.13. The van der Waals surface area contributed by atoms with Crippen molar-refractivity contribution in [2.24, 2.45) is 0 Å². The highest BCUT2D eigenvalue weighted by atomic mass is 16.7. The van der Waals surface area contributed by atoms with E-state index in [-0.39, 0.29) is 6.29 Å². The van der Waals surface area contributed by atoms with Crippen LogP contribution >= 0.6 is 0 Å². The van der Waals surface area contributed by atoms with Crippen molar-refractivity contribution < 1.29 is 9.47 Å². The lowest BCUT2D eigenvalue weighted by Gasteiger charge is -2.05. The van der Waals surface area contributed by atoms with Crippen LogP contribution in [0.4, 0.5) is 0 Å². The van der Waals surface area contributed by atoms with E-state index in [2.05, 4.69) is 12.2 Å². The number of hydrogen-bond acceptors (Lipinski definition) is 2. The maximum atomic E-state index is 5.29. The lowest BCUT2D eigenvalue weighted by atomic mass is 10.3. The van der Waals surface area contributed by atoms with Crippen LogP contribution in [0.5, 0.6) is 0 Å². The quantitative estimate of drug-likeness (QED) is 0.599. The van der Waals surface area contributed by atoms with Crippen molar-refractivity contribution in [1.29, 1.82) is 0 Å². The second-order valence-corrected chi connectivity index (χ2v) is 2.70. The van der Waals surface area contributed by atoms with E-state index in [1.54, 1.807) is 0 Å². The van der Waals surface area contributed by atoms with E-state index >= 15 is 0 Å². The molecule has 0 aromatic rings. The molecule has 2 nitrogen and oxygen atoms in total. The molecule has 0 atom stereocenters. The van der Waals surface area contributed by atoms with E-state index in [0.29, 0.717) is 0 Å². The molecule has 0 aliphatic carbocycles. The van der Waals surface area contributed by atoms with Crippen LogP contribution in [-0.2, 0) is 9.47 Å². The van der Waals surface area contributed by atoms with Gasteiger partial charge in [0.1, 0.15) is 0 Å². The Bertz CT molecular complexity index is 155. The molecule has 0 spiro atoms. The van der Waals surface area contributed by atoms with E-state index < -0.39 is 0 Å². The third-order valence-corrected chi connectivity index (χ3v) is 1.70. The van der Waals surface area contributed by atoms with Crippen LogP contribution in [0.2, 0.25) is 0 Å². The molecule has 2 heteroatoms. The van der Waals surface area contributed by atoms with Crippen molar-refractivity contribution >= 4 is 0 Å². The molecule has 0 unspecified atom stereocenters. The average Bonchev–Trinajstić information content (AvgIpc) is 2.57. The molecule has 1 rings (SSSR count). The molecular formula is C10H16O2. The maximum Gasteiger partial charge on any atom is 0.158 e. The number of hydrogen-bond donors (Lipinski definition) is 0. The zero-order valence-electron chi connectivity index (χ0n) is 7.53. The third kappa shape index (κ3) is 3.69. The summed E-state index contributed by atoms with van der Waals surface area (Å²) in [7, 11) is 0. The van der Waals surface area contributed by atoms with Gasteiger partial charge in [-0.2, -0.15) is 0 Å². The van der Waals surface area contributed by atoms with E-state index in [1.807, 2.05) is 19.1 Å². The minimum atomic E-state index is 0.0419. The van der Waals surface area contributed by atoms with Crippen molar-refractivity contribution in [2.75, 3.05) is 13.2 Å². The molecule has 1 aliphatic heterocycles. The number of allylic oxidation sites excluding steroid dienone is 4. The van der Waals surface area contributed by atoms with Crippen molar-refractivity contribution in [1.82, 2.24) is 0 Å². The monoisotopic (exact) mass is 168 g/mol. The predicted octanol–water partition coefficient (Wildman–Crippen LogP) is 2.27. The summed E-state index contributed by atoms with van der Waals surface area (Å²) in [6.07, 6.45) is 10.2. The standard InChI is InChI=1S/C10H16O2/c1-2-3-4-5-6-7-10-11-8-9-12-10/h2-5,10H,6-9H2,1H3/b3-2+,5-4-. The van der Waals surface area contributed by atoms with Gasteiger partial charge in [-0.1, -0.05) is 24.3 Å². The summed E-state index contributed by atoms with van der Waals surface area (Å²) in [6, 6.07) is 0. The van der Waals surface area contributed by atoms with Gasteiger partial charge in [0.05, 0.1) is 13.2 Å². The third-order valence-electron chi connectivity index (χ3n) is 1.70. The molecule has 0 bridgehead atoms. The zero-order chi connectivity index (χ0) is 8.65. The lowest BCUT2D eigenvalue weighted by molar-refractivity contribution is -0.0457. The van der Waals surface area contributed by atoms with Crippen LogP contribution in [-0.4, -0.2) is 19.5 Å². The van der Waals surface area contributed by atoms with Gasteiger partial charge in [0, 0.05) is 6.42 Å². The van der Waals surface area contributed by atoms with Crippen molar-refractivity contribution in [3.8, 4) is 0 Å². The molecule has 1 fully saturated rings. The SMILES string of the molecule is C/C=C/C=C\CCC1OCCO1. The van der Waals surface area contributed by atoms with Gasteiger partial charge in [0.15, 0.2) is 6.29 Å². The molecule has 1 saturated heterocycles. The van der Waals surface area contributed by atoms with Crippen LogP contribution < -0.4 is 0 Å². The van der Waals surface area contributed by atoms with E-state index in [1.165, 1.54) is 0 Å². The molecule has 0 saturated carbocycles. The first-order valence-electron chi connectivity index (χ1n) is 4.44. The first kappa shape index (κ1) is 9.49. The highest BCUT2D eigenvalue weighted by molar-refractivity contribution is 5.00. The fraction of sp³-hybridized carbons (Fsp3) is 0.600. The molecule has 0 aromatic heterocycles. The Labute approximate surface area is 73.9 Å². The lowest BCUT2D eigenvalue weighted by Crippen LogP contribution is -2.05. The first-order valence-corrected chi connectivity index (χ1v) is 4.44. The minimum Gasteiger partial charge on any atom is -0.350 e. The van der Waals surface area contributed by atoms with Crippen molar-refractivity contribution in [3.05, 3.63) is 24.3 Å². The fourth-order valence-electron chi connectivity index (χ4n) is 1.09. The Morgan fingerprint density at radius 2 is 2.00 bits per heavy atom. The summed E-state index contributed by atoms with van der Waals surface area (Å²) < 4.78 is 10.6. The summed E-state index contributed by atoms with van der Waals surface area (Å²) in [5.41, 5.74) is 0. The van der Waals surface area contributed by atoms with Gasteiger partial charge >= 0.3 is 0 Å². The van der Waals surface area contributed by atoms with Crippen LogP contribution in [0, 0.1) is 0 Å².